The van der Waals surface area contributed by atoms with Crippen molar-refractivity contribution in [1.29, 1.82) is 0 Å². The van der Waals surface area contributed by atoms with Crippen LogP contribution in [0.5, 0.6) is 11.5 Å². The molecule has 0 saturated carbocycles. The SMILES string of the molecule is CC(=O)C[C@@H]1N=C(c2ccc(Cl)cc2)c2cc(O)ccc2-c2c(C)noc21.CC(=O)NC(C)C[C@@H]1N=C(c2ccc(Cl)cc2)c2ccccc2-c2c(C)noc21.CCNC(=O)NC1N=C(c2ccc(Cl)cc2)c2ccccc2-c2c(C)noc21.Cc1noc2c1-c1ccc(-c3ccc(OC=O)cc3)cc1C(c1ccc(F)cc1)=N[C@@H]2C.Cc1noc2c1-c1ccccc1C(c1ccc(F)cc1)=NC2C. The number of aromatic hydroxyl groups is 1. The summed E-state index contributed by atoms with van der Waals surface area (Å²) in [4.78, 5) is 70.8. The molecule has 0 radical (unpaired) electrons. The van der Waals surface area contributed by atoms with E-state index in [1.165, 1.54) is 38.1 Å². The summed E-state index contributed by atoms with van der Waals surface area (Å²) < 4.78 is 59.8. The molecule has 698 valence electrons. The number of benzene rings is 11. The number of rotatable bonds is 15. The monoisotopic (exact) mass is 1910 g/mol. The van der Waals surface area contributed by atoms with Crippen molar-refractivity contribution in [3.05, 3.63) is 394 Å². The summed E-state index contributed by atoms with van der Waals surface area (Å²) in [6.45, 7) is 21.3. The van der Waals surface area contributed by atoms with Crippen LogP contribution in [0.15, 0.2) is 302 Å². The van der Waals surface area contributed by atoms with E-state index in [0.717, 1.165) is 185 Å². The highest BCUT2D eigenvalue weighted by Gasteiger charge is 2.37. The van der Waals surface area contributed by atoms with E-state index in [2.05, 4.69) is 66.0 Å². The van der Waals surface area contributed by atoms with Crippen LogP contribution in [-0.2, 0) is 14.4 Å². The van der Waals surface area contributed by atoms with Crippen LogP contribution in [0.2, 0.25) is 15.1 Å². The summed E-state index contributed by atoms with van der Waals surface area (Å²) >= 11 is 18.2. The van der Waals surface area contributed by atoms with Gasteiger partial charge in [-0.15, -0.1) is 0 Å². The van der Waals surface area contributed by atoms with E-state index in [1.807, 2.05) is 208 Å². The maximum Gasteiger partial charge on any atom is 0.316 e. The predicted octanol–water partition coefficient (Wildman–Crippen LogP) is 25.1. The number of ketones is 1. The number of aryl methyl sites for hydroxylation is 5. The molecule has 4 N–H and O–H groups in total. The molecule has 21 rings (SSSR count). The number of ether oxygens (including phenoxy) is 1. The zero-order valence-corrected chi connectivity index (χ0v) is 79.6. The molecule has 3 amide bonds. The van der Waals surface area contributed by atoms with E-state index in [9.17, 15) is 33.1 Å². The first-order chi connectivity index (χ1) is 67.1. The molecule has 6 atom stereocenters. The molecule has 139 heavy (non-hydrogen) atoms. The standard InChI is InChI=1S/C26H19FN2O3.C23H22ClN3O2.C21H19ClN4O2.C21H17ClN2O3.C19H15FN2O/c1-15-24-22-12-7-19(17-5-10-21(11-6-17)31-14-30)13-23(22)25(18-3-8-20(27)9-4-18)28-16(2)26(24)32-29-15;1-13(25-15(3)28)12-20-23-21(14(2)27-29-23)18-6-4-5-7-19(18)22(26-20)16-8-10-17(24)11-9-16;1-3-23-21(27)25-20-19-17(12(2)26-28-19)15-6-4-5-7-16(15)18(24-20)13-8-10-14(22)11-9-13;1-11(25)9-18-21-19(12(2)24-27-21)16-8-7-15(26)10-17(16)20(23-18)13-3-5-14(22)6-4-13;1-11-17-15-5-3-4-6-16(15)18(13-7-9-14(20)10-8-13)21-12(2)19(17)23-22-11/h3-14,16H,1-2H3;4-11,13,20H,12H2,1-3H3,(H,25,28);4-11,20H,3H2,1-2H3,(H2,23,25,27);3-8,10,18,26H,9H2,1-2H3;3-10,12H,1-2H3/t16-;13?,20-;;18-;/m10.0./s1. The number of aromatic nitrogens is 5. The molecular weight excluding hydrogens is 1820 g/mol. The van der Waals surface area contributed by atoms with Gasteiger partial charge in [-0.1, -0.05) is 194 Å². The van der Waals surface area contributed by atoms with E-state index in [4.69, 9.17) is 87.1 Å². The fourth-order valence-corrected chi connectivity index (χ4v) is 18.2. The maximum atomic E-state index is 13.6. The molecule has 0 aliphatic carbocycles. The lowest BCUT2D eigenvalue weighted by Gasteiger charge is -2.17. The summed E-state index contributed by atoms with van der Waals surface area (Å²) in [6.07, 6.45) is 0.103. The number of phenolic OH excluding ortho intramolecular Hbond substituents is 1. The van der Waals surface area contributed by atoms with Crippen LogP contribution in [-0.4, -0.2) is 96.2 Å². The minimum absolute atomic E-state index is 0.00742. The number of carbonyl (C=O) groups is 4. The normalized spacial score (nSPS) is 15.5. The van der Waals surface area contributed by atoms with Crippen LogP contribution in [0.3, 0.4) is 0 Å². The van der Waals surface area contributed by atoms with Crippen molar-refractivity contribution in [3.63, 3.8) is 0 Å². The number of carbonyl (C=O) groups excluding carboxylic acids is 4. The Kier molecular flexibility index (Phi) is 28.3. The molecule has 0 spiro atoms. The van der Waals surface area contributed by atoms with E-state index in [0.29, 0.717) is 63.2 Å². The molecular formula is C110H92Cl3F2N13O11. The molecule has 11 aromatic carbocycles. The lowest BCUT2D eigenvalue weighted by atomic mass is 9.90. The molecule has 29 heteroatoms. The molecule has 24 nitrogen and oxygen atoms in total. The Hall–Kier alpha value is -15.8. The predicted molar refractivity (Wildman–Crippen MR) is 533 cm³/mol. The van der Waals surface area contributed by atoms with E-state index >= 15 is 0 Å². The van der Waals surface area contributed by atoms with Crippen LogP contribution >= 0.6 is 34.8 Å². The van der Waals surface area contributed by atoms with E-state index < -0.39 is 12.2 Å². The Labute approximate surface area is 814 Å². The number of Topliss-reactive ketones (excluding diaryl/α,β-unsaturated/α-hetero) is 1. The van der Waals surface area contributed by atoms with Gasteiger partial charge in [0.2, 0.25) is 5.91 Å². The van der Waals surface area contributed by atoms with Crippen molar-refractivity contribution in [2.75, 3.05) is 6.54 Å². The minimum Gasteiger partial charge on any atom is -0.508 e. The van der Waals surface area contributed by atoms with E-state index in [-0.39, 0.29) is 65.7 Å². The Morgan fingerprint density at radius 3 is 1.18 bits per heavy atom. The second-order valence-corrected chi connectivity index (χ2v) is 35.2. The summed E-state index contributed by atoms with van der Waals surface area (Å²) in [6, 6.07) is 76.4. The highest BCUT2D eigenvalue weighted by Crippen LogP contribution is 2.48. The molecule has 3 unspecified atom stereocenters. The molecule has 0 bridgehead atoms. The van der Waals surface area contributed by atoms with Crippen LogP contribution in [0.25, 0.3) is 66.8 Å². The number of hydrogen-bond donors (Lipinski definition) is 4. The van der Waals surface area contributed by atoms with Gasteiger partial charge < -0.3 is 48.4 Å². The van der Waals surface area contributed by atoms with Gasteiger partial charge in [-0.25, -0.2) is 13.6 Å². The van der Waals surface area contributed by atoms with Gasteiger partial charge in [-0.05, 0) is 236 Å². The molecule has 0 saturated heterocycles. The first-order valence-electron chi connectivity index (χ1n) is 44.9. The quantitative estimate of drug-likeness (QED) is 0.0693. The third kappa shape index (κ3) is 20.4. The third-order valence-electron chi connectivity index (χ3n) is 24.0. The van der Waals surface area contributed by atoms with Crippen LogP contribution < -0.4 is 20.7 Å². The minimum atomic E-state index is -0.708. The number of urea groups is 1. The van der Waals surface area contributed by atoms with Gasteiger partial charge in [0, 0.05) is 96.6 Å². The molecule has 5 aliphatic heterocycles. The second-order valence-electron chi connectivity index (χ2n) is 33.9. The first kappa shape index (κ1) is 95.0. The average Bonchev–Trinajstić information content (AvgIpc) is 1.65. The number of aliphatic imine (C=N–C) groups is 5. The van der Waals surface area contributed by atoms with E-state index in [1.54, 1.807) is 60.7 Å². The van der Waals surface area contributed by atoms with Crippen LogP contribution in [0, 0.1) is 46.3 Å². The van der Waals surface area contributed by atoms with Gasteiger partial charge in [-0.3, -0.25) is 39.3 Å². The van der Waals surface area contributed by atoms with Gasteiger partial charge >= 0.3 is 6.03 Å². The Morgan fingerprint density at radius 2 is 0.748 bits per heavy atom. The molecule has 5 aliphatic rings. The van der Waals surface area contributed by atoms with Gasteiger partial charge in [0.25, 0.3) is 6.47 Å². The van der Waals surface area contributed by atoms with Crippen LogP contribution in [0.4, 0.5) is 13.6 Å². The van der Waals surface area contributed by atoms with Gasteiger partial charge in [0.15, 0.2) is 35.0 Å². The Bertz CT molecular complexity index is 7510. The lowest BCUT2D eigenvalue weighted by molar-refractivity contribution is -0.121. The number of nitrogens with one attached hydrogen (secondary N) is 3. The highest BCUT2D eigenvalue weighted by molar-refractivity contribution is 6.32. The molecule has 0 fully saturated rings. The maximum absolute atomic E-state index is 13.6. The number of halogens is 5. The summed E-state index contributed by atoms with van der Waals surface area (Å²) in [5.41, 5.74) is 28.4. The van der Waals surface area contributed by atoms with Crippen molar-refractivity contribution in [2.24, 2.45) is 25.0 Å². The van der Waals surface area contributed by atoms with Gasteiger partial charge in [-0.2, -0.15) is 0 Å². The van der Waals surface area contributed by atoms with Crippen molar-refractivity contribution >= 4 is 87.6 Å². The number of nitrogens with zero attached hydrogens (tertiary/aromatic N) is 10. The van der Waals surface area contributed by atoms with Gasteiger partial charge in [0.1, 0.15) is 53.1 Å². The van der Waals surface area contributed by atoms with Crippen LogP contribution in [0.1, 0.15) is 198 Å². The summed E-state index contributed by atoms with van der Waals surface area (Å²) in [5, 5.41) is 41.3. The average molecular weight is 1920 g/mol. The topological polar surface area (TPSA) is 326 Å². The van der Waals surface area contributed by atoms with Crippen molar-refractivity contribution in [3.8, 4) is 78.3 Å². The highest BCUT2D eigenvalue weighted by atomic mass is 35.5. The third-order valence-corrected chi connectivity index (χ3v) is 24.8. The molecule has 5 aromatic heterocycles. The lowest BCUT2D eigenvalue weighted by Crippen LogP contribution is -2.37. The summed E-state index contributed by atoms with van der Waals surface area (Å²) in [5.74, 6) is 3.30. The molecule has 10 heterocycles. The number of fused-ring (bicyclic) bond motifs is 15. The largest absolute Gasteiger partial charge is 0.508 e. The number of phenols is 1. The Morgan fingerprint density at radius 1 is 0.410 bits per heavy atom. The number of hydrogen-bond acceptors (Lipinski definition) is 21. The fourth-order valence-electron chi connectivity index (χ4n) is 17.8. The molecule has 16 aromatic rings. The zero-order chi connectivity index (χ0) is 97.6. The van der Waals surface area contributed by atoms with Crippen molar-refractivity contribution in [2.45, 2.75) is 125 Å². The zero-order valence-electron chi connectivity index (χ0n) is 77.3. The fraction of sp³-hybridized carbons (Fsp3) is 0.182. The smallest absolute Gasteiger partial charge is 0.316 e. The van der Waals surface area contributed by atoms with Crippen molar-refractivity contribution in [1.82, 2.24) is 41.7 Å². The first-order valence-corrected chi connectivity index (χ1v) is 46.1. The summed E-state index contributed by atoms with van der Waals surface area (Å²) in [7, 11) is 0. The van der Waals surface area contributed by atoms with Crippen molar-refractivity contribution < 1.29 is 60.4 Å². The second kappa shape index (κ2) is 41.4. The number of amides is 3. The Balaban J connectivity index is 0.000000120. The van der Waals surface area contributed by atoms with Gasteiger partial charge in [0.05, 0.1) is 84.8 Å².